The average Bonchev–Trinajstić information content (AvgIpc) is 3.73. The van der Waals surface area contributed by atoms with E-state index in [1.165, 1.54) is 107 Å². The van der Waals surface area contributed by atoms with Crippen molar-refractivity contribution in [1.82, 2.24) is 19.5 Å². The minimum absolute atomic E-state index is 0.625. The zero-order valence-electron chi connectivity index (χ0n) is 39.7. The maximum Gasteiger partial charge on any atom is 0.238 e. The van der Waals surface area contributed by atoms with Gasteiger partial charge in [-0.1, -0.05) is 146 Å². The molecule has 4 aliphatic heterocycles. The summed E-state index contributed by atoms with van der Waals surface area (Å²) in [5.74, 6) is 5.65. The number of hydrogen-bond acceptors (Lipinski definition) is 5. The predicted octanol–water partition coefficient (Wildman–Crippen LogP) is 11.2. The van der Waals surface area contributed by atoms with Crippen molar-refractivity contribution in [3.63, 3.8) is 0 Å². The van der Waals surface area contributed by atoms with E-state index < -0.39 is 8.07 Å². The number of benzene rings is 7. The van der Waals surface area contributed by atoms with Gasteiger partial charge in [-0.3, -0.25) is 4.57 Å². The van der Waals surface area contributed by atoms with Crippen LogP contribution >= 0.6 is 0 Å². The van der Waals surface area contributed by atoms with E-state index in [-0.39, 0.29) is 0 Å². The third kappa shape index (κ3) is 6.46. The lowest BCUT2D eigenvalue weighted by Gasteiger charge is -2.57. The molecule has 0 amide bonds. The highest BCUT2D eigenvalue weighted by atomic mass is 28.3. The number of anilines is 2. The molecule has 4 saturated carbocycles. The van der Waals surface area contributed by atoms with E-state index in [9.17, 15) is 0 Å². The van der Waals surface area contributed by atoms with Crippen LogP contribution in [0.4, 0.5) is 11.4 Å². The molecule has 6 nitrogen and oxygen atoms in total. The van der Waals surface area contributed by atoms with Crippen LogP contribution in [0.25, 0.3) is 50.5 Å². The van der Waals surface area contributed by atoms with Crippen LogP contribution in [0.1, 0.15) is 64.2 Å². The topological polar surface area (TPSA) is 50.1 Å². The summed E-state index contributed by atoms with van der Waals surface area (Å²) in [6.45, 7) is 0. The van der Waals surface area contributed by atoms with Crippen LogP contribution in [0.15, 0.2) is 182 Å². The molecular formula is C63H58N6Si. The van der Waals surface area contributed by atoms with Crippen molar-refractivity contribution >= 4 is 62.0 Å². The molecule has 8 fully saturated rings. The Kier molecular flexibility index (Phi) is 9.43. The second kappa shape index (κ2) is 16.1. The summed E-state index contributed by atoms with van der Waals surface area (Å²) in [4.78, 5) is 22.3. The first kappa shape index (κ1) is 41.0. The Hall–Kier alpha value is -6.83. The fourth-order valence-electron chi connectivity index (χ4n) is 15.7. The molecule has 8 bridgehead atoms. The molecule has 7 heteroatoms. The van der Waals surface area contributed by atoms with Crippen LogP contribution in [0, 0.1) is 23.7 Å². The number of rotatable bonds is 9. The molecule has 0 atom stereocenters. The summed E-state index contributed by atoms with van der Waals surface area (Å²) in [5.41, 5.74) is 6.95. The smallest absolute Gasteiger partial charge is 0.238 e. The Labute approximate surface area is 412 Å². The molecule has 0 unspecified atom stereocenters. The van der Waals surface area contributed by atoms with Gasteiger partial charge >= 0.3 is 0 Å². The van der Waals surface area contributed by atoms with Crippen molar-refractivity contribution in [2.45, 2.75) is 88.4 Å². The van der Waals surface area contributed by atoms with Gasteiger partial charge in [0.25, 0.3) is 0 Å². The summed E-state index contributed by atoms with van der Waals surface area (Å²) in [6, 6.07) is 70.6. The van der Waals surface area contributed by atoms with Crippen LogP contribution < -0.4 is 30.5 Å². The molecule has 70 heavy (non-hydrogen) atoms. The van der Waals surface area contributed by atoms with Gasteiger partial charge in [0, 0.05) is 57.4 Å². The second-order valence-electron chi connectivity index (χ2n) is 22.1. The monoisotopic (exact) mass is 926 g/mol. The number of para-hydroxylation sites is 1. The molecule has 4 aliphatic carbocycles. The largest absolute Gasteiger partial charge is 0.366 e. The summed E-state index contributed by atoms with van der Waals surface area (Å²) >= 11 is 0. The van der Waals surface area contributed by atoms with Crippen molar-refractivity contribution in [2.24, 2.45) is 23.7 Å². The van der Waals surface area contributed by atoms with Gasteiger partial charge in [0.15, 0.2) is 19.7 Å². The van der Waals surface area contributed by atoms with Crippen molar-refractivity contribution in [3.8, 4) is 28.7 Å². The highest BCUT2D eigenvalue weighted by Crippen LogP contribution is 2.52. The molecule has 7 aromatic carbocycles. The fraction of sp³-hybridized carbons (Fsp3) is 0.286. The van der Waals surface area contributed by atoms with Gasteiger partial charge < -0.3 is 9.80 Å². The first-order valence-electron chi connectivity index (χ1n) is 26.3. The molecule has 2 aromatic heterocycles. The first-order chi connectivity index (χ1) is 34.6. The lowest BCUT2D eigenvalue weighted by molar-refractivity contribution is 0.0899. The van der Waals surface area contributed by atoms with Crippen molar-refractivity contribution in [1.29, 1.82) is 0 Å². The molecular weight excluding hydrogens is 869 g/mol. The van der Waals surface area contributed by atoms with E-state index >= 15 is 0 Å². The second-order valence-corrected chi connectivity index (χ2v) is 25.9. The Morgan fingerprint density at radius 2 is 0.786 bits per heavy atom. The van der Waals surface area contributed by atoms with E-state index in [2.05, 4.69) is 196 Å². The number of piperidine rings is 4. The molecule has 344 valence electrons. The maximum atomic E-state index is 5.59. The molecule has 6 heterocycles. The first-order valence-corrected chi connectivity index (χ1v) is 28.3. The number of aromatic nitrogens is 4. The van der Waals surface area contributed by atoms with Gasteiger partial charge in [-0.05, 0) is 145 Å². The lowest BCUT2D eigenvalue weighted by Crippen LogP contribution is -2.74. The SMILES string of the molecule is c1ccc([Si](c2ccccc2)(c2ccccc2)c2cccc(-c3nc(-c4cccc(N5C6CC7CC(C6)CC5C7)c4)nc(-n4c5ccccc5c5cc(N6C7CC8CC(C7)CC6C8)ccc54)n3)c2)cc1. The molecule has 17 rings (SSSR count). The molecule has 0 radical (unpaired) electrons. The van der Waals surface area contributed by atoms with Gasteiger partial charge in [0.1, 0.15) is 0 Å². The molecule has 4 saturated heterocycles. The average molecular weight is 927 g/mol. The van der Waals surface area contributed by atoms with Gasteiger partial charge in [-0.2, -0.15) is 9.97 Å². The molecule has 9 aromatic rings. The van der Waals surface area contributed by atoms with Crippen molar-refractivity contribution in [3.05, 3.63) is 182 Å². The third-order valence-corrected chi connectivity index (χ3v) is 22.9. The van der Waals surface area contributed by atoms with E-state index in [0.717, 1.165) is 45.8 Å². The van der Waals surface area contributed by atoms with Crippen LogP contribution in [-0.4, -0.2) is 51.8 Å². The quantitative estimate of drug-likeness (QED) is 0.107. The third-order valence-electron chi connectivity index (χ3n) is 18.1. The van der Waals surface area contributed by atoms with E-state index in [1.54, 1.807) is 0 Å². The van der Waals surface area contributed by atoms with Crippen LogP contribution in [0.2, 0.25) is 0 Å². The standard InChI is InChI=1S/C63H58N6Si/c1-4-17-53(18-5-1)70(54-19-6-2-7-20-54,55-21-8-3-9-22-55)56-23-13-15-46(39-56)62-64-61(45-14-12-16-47(38-45)67-49-30-41-28-42(32-49)33-50(67)31-41)65-63(66-62)69-59-25-11-10-24-57(59)58-40-48(26-27-60(58)69)68-51-34-43-29-44(36-51)37-52(68)35-43/h1-27,38-44,49-52H,28-37H2. The Morgan fingerprint density at radius 3 is 1.33 bits per heavy atom. The van der Waals surface area contributed by atoms with Gasteiger partial charge in [-0.15, -0.1) is 0 Å². The van der Waals surface area contributed by atoms with E-state index in [1.807, 2.05) is 0 Å². The van der Waals surface area contributed by atoms with Crippen LogP contribution in [0.5, 0.6) is 0 Å². The number of hydrogen-bond donors (Lipinski definition) is 0. The zero-order valence-corrected chi connectivity index (χ0v) is 40.7. The van der Waals surface area contributed by atoms with E-state index in [0.29, 0.717) is 41.8 Å². The highest BCUT2D eigenvalue weighted by Gasteiger charge is 2.48. The number of nitrogens with zero attached hydrogens (tertiary/aromatic N) is 6. The lowest BCUT2D eigenvalue weighted by atomic mass is 9.63. The van der Waals surface area contributed by atoms with Gasteiger partial charge in [-0.25, -0.2) is 4.98 Å². The molecule has 0 spiro atoms. The normalized spacial score (nSPS) is 25.4. The van der Waals surface area contributed by atoms with Crippen molar-refractivity contribution in [2.75, 3.05) is 9.80 Å². The zero-order chi connectivity index (χ0) is 45.9. The van der Waals surface area contributed by atoms with Crippen LogP contribution in [-0.2, 0) is 0 Å². The highest BCUT2D eigenvalue weighted by molar-refractivity contribution is 7.19. The minimum atomic E-state index is -2.84. The number of fused-ring (bicyclic) bond motifs is 3. The fourth-order valence-corrected chi connectivity index (χ4v) is 20.5. The summed E-state index contributed by atoms with van der Waals surface area (Å²) in [5, 5.41) is 7.80. The Bertz CT molecular complexity index is 3290. The Balaban J connectivity index is 0.924. The van der Waals surface area contributed by atoms with Crippen molar-refractivity contribution < 1.29 is 0 Å². The van der Waals surface area contributed by atoms with E-state index in [4.69, 9.17) is 15.0 Å². The predicted molar refractivity (Wildman–Crippen MR) is 289 cm³/mol. The molecule has 0 N–H and O–H groups in total. The maximum absolute atomic E-state index is 5.59. The Morgan fingerprint density at radius 1 is 0.343 bits per heavy atom. The summed E-state index contributed by atoms with van der Waals surface area (Å²) < 4.78 is 2.32. The minimum Gasteiger partial charge on any atom is -0.366 e. The molecule has 8 aliphatic rings. The van der Waals surface area contributed by atoms with Gasteiger partial charge in [0.05, 0.1) is 11.0 Å². The van der Waals surface area contributed by atoms with Gasteiger partial charge in [0.2, 0.25) is 5.95 Å². The van der Waals surface area contributed by atoms with Crippen LogP contribution in [0.3, 0.4) is 0 Å². The summed E-state index contributed by atoms with van der Waals surface area (Å²) in [6.07, 6.45) is 13.6. The summed E-state index contributed by atoms with van der Waals surface area (Å²) in [7, 11) is -2.84.